The Morgan fingerprint density at radius 1 is 1.25 bits per heavy atom. The highest BCUT2D eigenvalue weighted by Gasteiger charge is 2.21. The molecule has 10 heteroatoms. The van der Waals surface area contributed by atoms with Crippen molar-refractivity contribution in [1.82, 2.24) is 10.3 Å². The van der Waals surface area contributed by atoms with Crippen LogP contribution in [0.25, 0.3) is 0 Å². The fourth-order valence-corrected chi connectivity index (χ4v) is 4.78. The van der Waals surface area contributed by atoms with Gasteiger partial charge in [-0.15, -0.1) is 11.3 Å². The number of nitro groups is 1. The van der Waals surface area contributed by atoms with E-state index in [1.165, 1.54) is 23.5 Å². The molecule has 0 bridgehead atoms. The van der Waals surface area contributed by atoms with Crippen molar-refractivity contribution in [2.24, 2.45) is 0 Å². The Bertz CT molecular complexity index is 827. The summed E-state index contributed by atoms with van der Waals surface area (Å²) in [4.78, 5) is 15.2. The molecule has 0 saturated carbocycles. The number of non-ortho nitro benzene ring substituents is 1. The van der Waals surface area contributed by atoms with Gasteiger partial charge in [0.2, 0.25) is 0 Å². The second kappa shape index (κ2) is 6.83. The summed E-state index contributed by atoms with van der Waals surface area (Å²) in [5, 5.41) is 14.2. The van der Waals surface area contributed by atoms with Crippen LogP contribution in [0.15, 0.2) is 35.4 Å². The van der Waals surface area contributed by atoms with Crippen LogP contribution in [0.1, 0.15) is 23.6 Å². The van der Waals surface area contributed by atoms with E-state index in [1.807, 2.05) is 0 Å². The number of rotatable bonds is 5. The number of anilines is 1. The molecule has 3 rings (SSSR count). The summed E-state index contributed by atoms with van der Waals surface area (Å²) < 4.78 is 27.1. The fraction of sp³-hybridized carbons (Fsp3) is 0.357. The topological polar surface area (TPSA) is 114 Å². The molecular formula is C14H16N4O4S2. The Kier molecular flexibility index (Phi) is 4.78. The molecule has 8 nitrogen and oxygen atoms in total. The molecule has 1 fully saturated rings. The van der Waals surface area contributed by atoms with Crippen LogP contribution in [0.3, 0.4) is 0 Å². The number of sulfonamides is 1. The second-order valence-electron chi connectivity index (χ2n) is 5.45. The lowest BCUT2D eigenvalue weighted by atomic mass is 9.97. The average molecular weight is 368 g/mol. The third-order valence-electron chi connectivity index (χ3n) is 3.84. The molecule has 0 atom stereocenters. The van der Waals surface area contributed by atoms with Crippen LogP contribution in [0.4, 0.5) is 10.8 Å². The molecule has 1 aliphatic heterocycles. The summed E-state index contributed by atoms with van der Waals surface area (Å²) in [6, 6.07) is 4.75. The molecular weight excluding hydrogens is 352 g/mol. The van der Waals surface area contributed by atoms with E-state index in [1.54, 1.807) is 6.20 Å². The van der Waals surface area contributed by atoms with E-state index in [0.717, 1.165) is 42.9 Å². The van der Waals surface area contributed by atoms with E-state index in [4.69, 9.17) is 0 Å². The summed E-state index contributed by atoms with van der Waals surface area (Å²) in [6.45, 7) is 1.90. The first-order valence-corrected chi connectivity index (χ1v) is 9.69. The van der Waals surface area contributed by atoms with Gasteiger partial charge in [-0.2, -0.15) is 0 Å². The van der Waals surface area contributed by atoms with Crippen LogP contribution in [0.5, 0.6) is 0 Å². The van der Waals surface area contributed by atoms with Gasteiger partial charge in [0.25, 0.3) is 15.7 Å². The lowest BCUT2D eigenvalue weighted by Gasteiger charge is -2.20. The smallest absolute Gasteiger partial charge is 0.269 e. The summed E-state index contributed by atoms with van der Waals surface area (Å²) in [6.07, 6.45) is 3.74. The van der Waals surface area contributed by atoms with Crippen LogP contribution >= 0.6 is 11.3 Å². The van der Waals surface area contributed by atoms with E-state index in [0.29, 0.717) is 11.0 Å². The largest absolute Gasteiger partial charge is 0.317 e. The van der Waals surface area contributed by atoms with E-state index >= 15 is 0 Å². The quantitative estimate of drug-likeness (QED) is 0.618. The molecule has 2 aromatic rings. The van der Waals surface area contributed by atoms with Crippen molar-refractivity contribution in [2.75, 3.05) is 17.8 Å². The van der Waals surface area contributed by atoms with E-state index in [9.17, 15) is 18.5 Å². The summed E-state index contributed by atoms with van der Waals surface area (Å²) >= 11 is 1.33. The molecule has 0 radical (unpaired) electrons. The van der Waals surface area contributed by atoms with Gasteiger partial charge in [-0.1, -0.05) is 0 Å². The molecule has 1 aromatic heterocycles. The van der Waals surface area contributed by atoms with Gasteiger partial charge in [-0.3, -0.25) is 14.8 Å². The van der Waals surface area contributed by atoms with Crippen molar-refractivity contribution in [3.8, 4) is 0 Å². The molecule has 2 N–H and O–H groups in total. The minimum absolute atomic E-state index is 0.0354. The highest BCUT2D eigenvalue weighted by Crippen LogP contribution is 2.32. The molecule has 2 heterocycles. The molecule has 1 saturated heterocycles. The minimum Gasteiger partial charge on any atom is -0.317 e. The first-order valence-electron chi connectivity index (χ1n) is 7.39. The number of aromatic nitrogens is 1. The van der Waals surface area contributed by atoms with Gasteiger partial charge in [0.15, 0.2) is 5.13 Å². The first kappa shape index (κ1) is 16.8. The molecule has 0 amide bonds. The van der Waals surface area contributed by atoms with Gasteiger partial charge in [0.05, 0.1) is 9.82 Å². The van der Waals surface area contributed by atoms with Crippen molar-refractivity contribution in [3.05, 3.63) is 45.5 Å². The lowest BCUT2D eigenvalue weighted by Crippen LogP contribution is -2.26. The second-order valence-corrected chi connectivity index (χ2v) is 8.19. The minimum atomic E-state index is -3.81. The Morgan fingerprint density at radius 3 is 2.54 bits per heavy atom. The number of hydrogen-bond donors (Lipinski definition) is 2. The van der Waals surface area contributed by atoms with Crippen LogP contribution < -0.4 is 10.0 Å². The molecule has 0 unspecified atom stereocenters. The maximum atomic E-state index is 12.3. The Labute approximate surface area is 143 Å². The van der Waals surface area contributed by atoms with Crippen LogP contribution in [0.2, 0.25) is 0 Å². The fourth-order valence-electron chi connectivity index (χ4n) is 2.55. The zero-order chi connectivity index (χ0) is 17.2. The molecule has 0 aliphatic carbocycles. The summed E-state index contributed by atoms with van der Waals surface area (Å²) in [7, 11) is -3.81. The highest BCUT2D eigenvalue weighted by atomic mass is 32.2. The number of hydrogen-bond acceptors (Lipinski definition) is 7. The van der Waals surface area contributed by atoms with Crippen molar-refractivity contribution < 1.29 is 13.3 Å². The Morgan fingerprint density at radius 2 is 1.92 bits per heavy atom. The third kappa shape index (κ3) is 3.71. The van der Waals surface area contributed by atoms with Gasteiger partial charge in [-0.25, -0.2) is 13.4 Å². The van der Waals surface area contributed by atoms with E-state index < -0.39 is 14.9 Å². The number of thiazole rings is 1. The van der Waals surface area contributed by atoms with Gasteiger partial charge < -0.3 is 5.32 Å². The van der Waals surface area contributed by atoms with Gasteiger partial charge in [0, 0.05) is 23.2 Å². The third-order valence-corrected chi connectivity index (χ3v) is 6.40. The van der Waals surface area contributed by atoms with Gasteiger partial charge in [0.1, 0.15) is 0 Å². The number of nitrogens with one attached hydrogen (secondary N) is 2. The SMILES string of the molecule is O=[N+]([O-])c1ccc(S(=O)(=O)Nc2ncc(C3CCNCC3)s2)cc1. The number of nitrogens with zero attached hydrogens (tertiary/aromatic N) is 2. The number of nitro benzene ring substituents is 1. The first-order chi connectivity index (χ1) is 11.5. The number of piperidine rings is 1. The number of benzene rings is 1. The highest BCUT2D eigenvalue weighted by molar-refractivity contribution is 7.93. The van der Waals surface area contributed by atoms with Crippen molar-refractivity contribution in [3.63, 3.8) is 0 Å². The normalized spacial score (nSPS) is 16.0. The van der Waals surface area contributed by atoms with Crippen molar-refractivity contribution >= 4 is 32.2 Å². The monoisotopic (exact) mass is 368 g/mol. The molecule has 1 aliphatic rings. The zero-order valence-corrected chi connectivity index (χ0v) is 14.3. The predicted molar refractivity (Wildman–Crippen MR) is 90.9 cm³/mol. The average Bonchev–Trinajstić information content (AvgIpc) is 3.03. The van der Waals surface area contributed by atoms with Crippen LogP contribution in [0, 0.1) is 10.1 Å². The van der Waals surface area contributed by atoms with E-state index in [2.05, 4.69) is 15.0 Å². The Balaban J connectivity index is 1.74. The predicted octanol–water partition coefficient (Wildman–Crippen LogP) is 2.32. The maximum absolute atomic E-state index is 12.3. The van der Waals surface area contributed by atoms with Crippen molar-refractivity contribution in [1.29, 1.82) is 0 Å². The Hall–Kier alpha value is -2.04. The lowest BCUT2D eigenvalue weighted by molar-refractivity contribution is -0.384. The standard InChI is InChI=1S/C14H16N4O4S2/c19-18(20)11-1-3-12(4-2-11)24(21,22)17-14-16-9-13(23-14)10-5-7-15-8-6-10/h1-4,9-10,15H,5-8H2,(H,16,17). The molecule has 128 valence electrons. The molecule has 1 aromatic carbocycles. The van der Waals surface area contributed by atoms with Gasteiger partial charge >= 0.3 is 0 Å². The van der Waals surface area contributed by atoms with E-state index in [-0.39, 0.29) is 10.6 Å². The molecule has 0 spiro atoms. The van der Waals surface area contributed by atoms with Crippen molar-refractivity contribution in [2.45, 2.75) is 23.7 Å². The van der Waals surface area contributed by atoms with Gasteiger partial charge in [-0.05, 0) is 44.0 Å². The zero-order valence-electron chi connectivity index (χ0n) is 12.6. The molecule has 24 heavy (non-hydrogen) atoms. The summed E-state index contributed by atoms with van der Waals surface area (Å²) in [5.41, 5.74) is -0.156. The van der Waals surface area contributed by atoms with Crippen LogP contribution in [-0.4, -0.2) is 31.4 Å². The maximum Gasteiger partial charge on any atom is 0.269 e. The summed E-state index contributed by atoms with van der Waals surface area (Å²) in [5.74, 6) is 0.404. The van der Waals surface area contributed by atoms with Crippen LogP contribution in [-0.2, 0) is 10.0 Å².